The van der Waals surface area contributed by atoms with Crippen LogP contribution in [0.1, 0.15) is 28.8 Å². The molecule has 2 aromatic rings. The van der Waals surface area contributed by atoms with Crippen LogP contribution in [-0.4, -0.2) is 29.8 Å². The molecular weight excluding hydrogens is 280 g/mol. The molecule has 22 heavy (non-hydrogen) atoms. The number of benzene rings is 1. The van der Waals surface area contributed by atoms with Gasteiger partial charge in [-0.2, -0.15) is 0 Å². The van der Waals surface area contributed by atoms with Gasteiger partial charge in [-0.05, 0) is 36.6 Å². The van der Waals surface area contributed by atoms with Crippen molar-refractivity contribution in [2.45, 2.75) is 19.3 Å². The van der Waals surface area contributed by atoms with Gasteiger partial charge in [0.05, 0.1) is 18.2 Å². The van der Waals surface area contributed by atoms with Crippen LogP contribution in [-0.2, 0) is 11.2 Å². The van der Waals surface area contributed by atoms with Crippen molar-refractivity contribution in [3.63, 3.8) is 0 Å². The summed E-state index contributed by atoms with van der Waals surface area (Å²) < 4.78 is 4.88. The third kappa shape index (κ3) is 3.36. The quantitative estimate of drug-likeness (QED) is 0.944. The maximum atomic E-state index is 12.1. The van der Waals surface area contributed by atoms with E-state index >= 15 is 0 Å². The molecule has 114 valence electrons. The molecule has 1 saturated heterocycles. The Morgan fingerprint density at radius 2 is 1.82 bits per heavy atom. The minimum absolute atomic E-state index is 0.174. The molecule has 1 fully saturated rings. The van der Waals surface area contributed by atoms with Crippen molar-refractivity contribution < 1.29 is 14.0 Å². The number of anilines is 1. The number of nitrogens with zero attached hydrogens (tertiary/aromatic N) is 1. The predicted octanol–water partition coefficient (Wildman–Crippen LogP) is 2.70. The highest BCUT2D eigenvalue weighted by atomic mass is 16.3. The number of carbonyl (C=O) groups is 2. The van der Waals surface area contributed by atoms with E-state index in [2.05, 4.69) is 5.32 Å². The fraction of sp³-hybridized carbons (Fsp3) is 0.294. The highest BCUT2D eigenvalue weighted by Crippen LogP contribution is 2.14. The minimum Gasteiger partial charge on any atom is -0.472 e. The Hall–Kier alpha value is -2.56. The summed E-state index contributed by atoms with van der Waals surface area (Å²) in [6, 6.07) is 8.98. The van der Waals surface area contributed by atoms with Crippen LogP contribution in [0.15, 0.2) is 47.3 Å². The van der Waals surface area contributed by atoms with Crippen LogP contribution in [0.4, 0.5) is 5.69 Å². The van der Waals surface area contributed by atoms with Crippen LogP contribution in [0, 0.1) is 0 Å². The number of rotatable bonds is 4. The lowest BCUT2D eigenvalue weighted by Crippen LogP contribution is -2.29. The van der Waals surface area contributed by atoms with Gasteiger partial charge in [-0.25, -0.2) is 0 Å². The van der Waals surface area contributed by atoms with Crippen molar-refractivity contribution in [3.05, 3.63) is 54.0 Å². The van der Waals surface area contributed by atoms with E-state index in [-0.39, 0.29) is 11.8 Å². The van der Waals surface area contributed by atoms with E-state index in [9.17, 15) is 9.59 Å². The van der Waals surface area contributed by atoms with Crippen molar-refractivity contribution in [2.75, 3.05) is 18.4 Å². The van der Waals surface area contributed by atoms with Crippen LogP contribution in [0.3, 0.4) is 0 Å². The van der Waals surface area contributed by atoms with Crippen molar-refractivity contribution in [2.24, 2.45) is 0 Å². The molecule has 1 aromatic carbocycles. The zero-order valence-corrected chi connectivity index (χ0v) is 12.2. The van der Waals surface area contributed by atoms with Crippen LogP contribution >= 0.6 is 0 Å². The molecule has 1 aliphatic rings. The second-order valence-electron chi connectivity index (χ2n) is 5.43. The van der Waals surface area contributed by atoms with E-state index in [1.165, 1.54) is 12.5 Å². The number of nitrogens with one attached hydrogen (secondary N) is 1. The highest BCUT2D eigenvalue weighted by Gasteiger charge is 2.17. The van der Waals surface area contributed by atoms with E-state index in [0.717, 1.165) is 31.5 Å². The zero-order valence-electron chi connectivity index (χ0n) is 12.2. The summed E-state index contributed by atoms with van der Waals surface area (Å²) in [4.78, 5) is 25.9. The SMILES string of the molecule is O=C(Nc1ccc(CC(=O)N2CCCC2)cc1)c1ccoc1. The van der Waals surface area contributed by atoms with Gasteiger partial charge in [0.2, 0.25) is 5.91 Å². The Bertz CT molecular complexity index is 641. The average molecular weight is 298 g/mol. The Kier molecular flexibility index (Phi) is 4.23. The molecule has 0 saturated carbocycles. The van der Waals surface area contributed by atoms with E-state index in [4.69, 9.17) is 4.42 Å². The first kappa shape index (κ1) is 14.4. The summed E-state index contributed by atoms with van der Waals surface area (Å²) in [6.07, 6.45) is 5.48. The smallest absolute Gasteiger partial charge is 0.258 e. The molecule has 1 aromatic heterocycles. The number of furan rings is 1. The first-order chi connectivity index (χ1) is 10.7. The van der Waals surface area contributed by atoms with Gasteiger partial charge in [0.25, 0.3) is 5.91 Å². The molecule has 2 heterocycles. The molecule has 3 rings (SSSR count). The minimum atomic E-state index is -0.213. The molecule has 0 spiro atoms. The third-order valence-corrected chi connectivity index (χ3v) is 3.81. The molecule has 5 heteroatoms. The Morgan fingerprint density at radius 3 is 2.45 bits per heavy atom. The number of amides is 2. The topological polar surface area (TPSA) is 62.6 Å². The maximum Gasteiger partial charge on any atom is 0.258 e. The van der Waals surface area contributed by atoms with Crippen molar-refractivity contribution in [3.8, 4) is 0 Å². The van der Waals surface area contributed by atoms with Gasteiger partial charge in [0.1, 0.15) is 6.26 Å². The van der Waals surface area contributed by atoms with Gasteiger partial charge in [0.15, 0.2) is 0 Å². The lowest BCUT2D eigenvalue weighted by molar-refractivity contribution is -0.129. The maximum absolute atomic E-state index is 12.1. The molecule has 0 aliphatic carbocycles. The van der Waals surface area contributed by atoms with E-state index in [1.807, 2.05) is 29.2 Å². The first-order valence-corrected chi connectivity index (χ1v) is 7.42. The van der Waals surface area contributed by atoms with Crippen molar-refractivity contribution >= 4 is 17.5 Å². The first-order valence-electron chi connectivity index (χ1n) is 7.42. The molecule has 1 aliphatic heterocycles. The molecule has 5 nitrogen and oxygen atoms in total. The summed E-state index contributed by atoms with van der Waals surface area (Å²) in [5.74, 6) is -0.0395. The van der Waals surface area contributed by atoms with Crippen LogP contribution in [0.25, 0.3) is 0 Å². The summed E-state index contributed by atoms with van der Waals surface area (Å²) >= 11 is 0. The fourth-order valence-electron chi connectivity index (χ4n) is 2.56. The number of hydrogen-bond donors (Lipinski definition) is 1. The second kappa shape index (κ2) is 6.47. The average Bonchev–Trinajstić information content (AvgIpc) is 3.23. The second-order valence-corrected chi connectivity index (χ2v) is 5.43. The Labute approximate surface area is 128 Å². The molecule has 0 unspecified atom stereocenters. The van der Waals surface area contributed by atoms with Crippen molar-refractivity contribution in [1.29, 1.82) is 0 Å². The molecule has 0 radical (unpaired) electrons. The normalized spacial score (nSPS) is 14.1. The lowest BCUT2D eigenvalue weighted by atomic mass is 10.1. The van der Waals surface area contributed by atoms with Gasteiger partial charge < -0.3 is 14.6 Å². The largest absolute Gasteiger partial charge is 0.472 e. The number of likely N-dealkylation sites (tertiary alicyclic amines) is 1. The number of hydrogen-bond acceptors (Lipinski definition) is 3. The molecule has 0 atom stereocenters. The van der Waals surface area contributed by atoms with Crippen molar-refractivity contribution in [1.82, 2.24) is 4.90 Å². The molecule has 1 N–H and O–H groups in total. The third-order valence-electron chi connectivity index (χ3n) is 3.81. The summed E-state index contributed by atoms with van der Waals surface area (Å²) in [6.45, 7) is 1.75. The monoisotopic (exact) mass is 298 g/mol. The van der Waals surface area contributed by atoms with Gasteiger partial charge in [-0.15, -0.1) is 0 Å². The number of carbonyl (C=O) groups excluding carboxylic acids is 2. The zero-order chi connectivity index (χ0) is 15.4. The van der Waals surface area contributed by atoms with Crippen LogP contribution < -0.4 is 5.32 Å². The van der Waals surface area contributed by atoms with Crippen LogP contribution in [0.2, 0.25) is 0 Å². The molecule has 2 amide bonds. The van der Waals surface area contributed by atoms with Gasteiger partial charge in [-0.1, -0.05) is 12.1 Å². The van der Waals surface area contributed by atoms with E-state index in [0.29, 0.717) is 17.7 Å². The standard InChI is InChI=1S/C17H18N2O3/c20-16(19-8-1-2-9-19)11-13-3-5-15(6-4-13)18-17(21)14-7-10-22-12-14/h3-7,10,12H,1-2,8-9,11H2,(H,18,21). The fourth-order valence-corrected chi connectivity index (χ4v) is 2.56. The van der Waals surface area contributed by atoms with E-state index in [1.54, 1.807) is 6.07 Å². The Balaban J connectivity index is 1.58. The predicted molar refractivity (Wildman–Crippen MR) is 82.6 cm³/mol. The summed E-state index contributed by atoms with van der Waals surface area (Å²) in [7, 11) is 0. The van der Waals surface area contributed by atoms with Gasteiger partial charge >= 0.3 is 0 Å². The van der Waals surface area contributed by atoms with Crippen LogP contribution in [0.5, 0.6) is 0 Å². The van der Waals surface area contributed by atoms with Gasteiger partial charge in [-0.3, -0.25) is 9.59 Å². The van der Waals surface area contributed by atoms with Gasteiger partial charge in [0, 0.05) is 18.8 Å². The summed E-state index contributed by atoms with van der Waals surface area (Å²) in [5.41, 5.74) is 2.13. The molecular formula is C17H18N2O3. The molecule has 0 bridgehead atoms. The van der Waals surface area contributed by atoms with E-state index < -0.39 is 0 Å². The summed E-state index contributed by atoms with van der Waals surface area (Å²) in [5, 5.41) is 2.79. The lowest BCUT2D eigenvalue weighted by Gasteiger charge is -2.15. The Morgan fingerprint density at radius 1 is 1.09 bits per heavy atom. The highest BCUT2D eigenvalue weighted by molar-refractivity contribution is 6.03.